The van der Waals surface area contributed by atoms with Gasteiger partial charge in [0.15, 0.2) is 0 Å². The third-order valence-corrected chi connectivity index (χ3v) is 5.00. The van der Waals surface area contributed by atoms with Crippen molar-refractivity contribution in [3.63, 3.8) is 0 Å². The summed E-state index contributed by atoms with van der Waals surface area (Å²) in [5.74, 6) is -0.0778. The molecule has 0 fully saturated rings. The maximum absolute atomic E-state index is 12.7. The van der Waals surface area contributed by atoms with Gasteiger partial charge in [-0.05, 0) is 36.2 Å². The molecule has 27 heavy (non-hydrogen) atoms. The minimum Gasteiger partial charge on any atom is -0.345 e. The number of amides is 1. The summed E-state index contributed by atoms with van der Waals surface area (Å²) in [6, 6.07) is 21.8. The number of rotatable bonds is 7. The first-order valence-corrected chi connectivity index (χ1v) is 9.70. The summed E-state index contributed by atoms with van der Waals surface area (Å²) in [5, 5.41) is 0.171. The molecule has 1 atom stereocenters. The standard InChI is InChI=1S/C22H22Cl2N2O/c1-17(23)22(27)26(14-18-8-3-2-4-9-18)16-20-11-7-13-25(20)15-19-10-5-6-12-21(19)24/h2-13,17H,14-16H2,1H3/t17-/m0/s1. The van der Waals surface area contributed by atoms with Gasteiger partial charge in [0.1, 0.15) is 5.38 Å². The zero-order valence-electron chi connectivity index (χ0n) is 15.2. The molecule has 1 heterocycles. The first kappa shape index (κ1) is 19.5. The molecule has 0 saturated heterocycles. The van der Waals surface area contributed by atoms with Gasteiger partial charge in [0.25, 0.3) is 0 Å². The molecule has 140 valence electrons. The van der Waals surface area contributed by atoms with Gasteiger partial charge in [-0.2, -0.15) is 0 Å². The highest BCUT2D eigenvalue weighted by Gasteiger charge is 2.20. The van der Waals surface area contributed by atoms with E-state index in [0.717, 1.165) is 21.8 Å². The second-order valence-electron chi connectivity index (χ2n) is 6.51. The molecule has 0 spiro atoms. The molecule has 3 nitrogen and oxygen atoms in total. The normalized spacial score (nSPS) is 12.0. The van der Waals surface area contributed by atoms with Crippen LogP contribution in [0.15, 0.2) is 72.9 Å². The van der Waals surface area contributed by atoms with Crippen LogP contribution in [0.1, 0.15) is 23.7 Å². The number of alkyl halides is 1. The van der Waals surface area contributed by atoms with Gasteiger partial charge in [0.2, 0.25) is 5.91 Å². The van der Waals surface area contributed by atoms with Crippen LogP contribution in [-0.2, 0) is 24.4 Å². The van der Waals surface area contributed by atoms with Gasteiger partial charge in [-0.1, -0.05) is 60.1 Å². The molecule has 3 aromatic rings. The fourth-order valence-corrected chi connectivity index (χ4v) is 3.35. The monoisotopic (exact) mass is 400 g/mol. The number of carbonyl (C=O) groups is 1. The average Bonchev–Trinajstić information content (AvgIpc) is 3.10. The summed E-state index contributed by atoms with van der Waals surface area (Å²) >= 11 is 12.4. The van der Waals surface area contributed by atoms with Gasteiger partial charge in [-0.3, -0.25) is 4.79 Å². The van der Waals surface area contributed by atoms with Crippen LogP contribution in [0.2, 0.25) is 5.02 Å². The lowest BCUT2D eigenvalue weighted by Gasteiger charge is -2.25. The van der Waals surface area contributed by atoms with Gasteiger partial charge < -0.3 is 9.47 Å². The van der Waals surface area contributed by atoms with E-state index in [1.165, 1.54) is 0 Å². The molecule has 2 aromatic carbocycles. The molecule has 0 aliphatic heterocycles. The molecule has 0 N–H and O–H groups in total. The van der Waals surface area contributed by atoms with Crippen LogP contribution in [0.4, 0.5) is 0 Å². The van der Waals surface area contributed by atoms with Gasteiger partial charge >= 0.3 is 0 Å². The molecule has 0 aliphatic rings. The average molecular weight is 401 g/mol. The molecule has 3 rings (SSSR count). The van der Waals surface area contributed by atoms with Crippen molar-refractivity contribution < 1.29 is 4.79 Å². The lowest BCUT2D eigenvalue weighted by molar-refractivity contribution is -0.131. The van der Waals surface area contributed by atoms with Crippen LogP contribution in [0.5, 0.6) is 0 Å². The van der Waals surface area contributed by atoms with E-state index in [2.05, 4.69) is 4.57 Å². The quantitative estimate of drug-likeness (QED) is 0.490. The van der Waals surface area contributed by atoms with Crippen molar-refractivity contribution in [3.8, 4) is 0 Å². The van der Waals surface area contributed by atoms with Crippen LogP contribution >= 0.6 is 23.2 Å². The number of nitrogens with zero attached hydrogens (tertiary/aromatic N) is 2. The molecular weight excluding hydrogens is 379 g/mol. The third kappa shape index (κ3) is 5.15. The Balaban J connectivity index is 1.81. The lowest BCUT2D eigenvalue weighted by atomic mass is 10.2. The number of benzene rings is 2. The number of carbonyl (C=O) groups excluding carboxylic acids is 1. The zero-order chi connectivity index (χ0) is 19.2. The van der Waals surface area contributed by atoms with Crippen molar-refractivity contribution in [1.82, 2.24) is 9.47 Å². The summed E-state index contributed by atoms with van der Waals surface area (Å²) in [4.78, 5) is 14.5. The van der Waals surface area contributed by atoms with Crippen molar-refractivity contribution in [2.75, 3.05) is 0 Å². The molecule has 1 aromatic heterocycles. The van der Waals surface area contributed by atoms with Crippen LogP contribution in [0, 0.1) is 0 Å². The predicted molar refractivity (Wildman–Crippen MR) is 111 cm³/mol. The lowest BCUT2D eigenvalue weighted by Crippen LogP contribution is -2.35. The summed E-state index contributed by atoms with van der Waals surface area (Å²) in [5.41, 5.74) is 3.16. The Kier molecular flexibility index (Phi) is 6.59. The van der Waals surface area contributed by atoms with Crippen LogP contribution in [0.25, 0.3) is 0 Å². The van der Waals surface area contributed by atoms with E-state index < -0.39 is 5.38 Å². The smallest absolute Gasteiger partial charge is 0.240 e. The molecule has 0 aliphatic carbocycles. The second kappa shape index (κ2) is 9.12. The van der Waals surface area contributed by atoms with Gasteiger partial charge in [0.05, 0.1) is 6.54 Å². The first-order chi connectivity index (χ1) is 13.0. The van der Waals surface area contributed by atoms with Gasteiger partial charge in [-0.25, -0.2) is 0 Å². The molecule has 5 heteroatoms. The number of hydrogen-bond donors (Lipinski definition) is 0. The molecule has 0 radical (unpaired) electrons. The Morgan fingerprint density at radius 2 is 1.70 bits per heavy atom. The van der Waals surface area contributed by atoms with Crippen molar-refractivity contribution >= 4 is 29.1 Å². The Morgan fingerprint density at radius 3 is 2.41 bits per heavy atom. The van der Waals surface area contributed by atoms with E-state index in [0.29, 0.717) is 19.6 Å². The SMILES string of the molecule is C[C@H](Cl)C(=O)N(Cc1ccccc1)Cc1cccn1Cc1ccccc1Cl. The Morgan fingerprint density at radius 1 is 1.00 bits per heavy atom. The van der Waals surface area contributed by atoms with Crippen LogP contribution in [-0.4, -0.2) is 20.8 Å². The van der Waals surface area contributed by atoms with Crippen molar-refractivity contribution in [2.45, 2.75) is 31.9 Å². The zero-order valence-corrected chi connectivity index (χ0v) is 16.7. The third-order valence-electron chi connectivity index (χ3n) is 4.44. The number of halogens is 2. The van der Waals surface area contributed by atoms with Gasteiger partial charge in [0, 0.05) is 30.0 Å². The van der Waals surface area contributed by atoms with E-state index in [1.54, 1.807) is 11.8 Å². The summed E-state index contributed by atoms with van der Waals surface area (Å²) in [6.45, 7) is 3.38. The summed E-state index contributed by atoms with van der Waals surface area (Å²) < 4.78 is 2.12. The topological polar surface area (TPSA) is 25.2 Å². The molecule has 0 saturated carbocycles. The fourth-order valence-electron chi connectivity index (χ4n) is 3.02. The highest BCUT2D eigenvalue weighted by molar-refractivity contribution is 6.31. The Labute approximate surface area is 170 Å². The van der Waals surface area contributed by atoms with Crippen LogP contribution in [0.3, 0.4) is 0 Å². The number of hydrogen-bond acceptors (Lipinski definition) is 1. The maximum Gasteiger partial charge on any atom is 0.240 e. The minimum absolute atomic E-state index is 0.0778. The highest BCUT2D eigenvalue weighted by atomic mass is 35.5. The first-order valence-electron chi connectivity index (χ1n) is 8.89. The predicted octanol–water partition coefficient (Wildman–Crippen LogP) is 5.35. The fraction of sp³-hybridized carbons (Fsp3) is 0.227. The van der Waals surface area contributed by atoms with Crippen molar-refractivity contribution in [3.05, 3.63) is 94.8 Å². The van der Waals surface area contributed by atoms with Gasteiger partial charge in [-0.15, -0.1) is 11.6 Å². The highest BCUT2D eigenvalue weighted by Crippen LogP contribution is 2.19. The molecule has 0 unspecified atom stereocenters. The van der Waals surface area contributed by atoms with Crippen LogP contribution < -0.4 is 0 Å². The van der Waals surface area contributed by atoms with E-state index in [9.17, 15) is 4.79 Å². The molecule has 0 bridgehead atoms. The summed E-state index contributed by atoms with van der Waals surface area (Å²) in [6.07, 6.45) is 2.01. The van der Waals surface area contributed by atoms with E-state index >= 15 is 0 Å². The molecule has 1 amide bonds. The van der Waals surface area contributed by atoms with Crippen molar-refractivity contribution in [1.29, 1.82) is 0 Å². The second-order valence-corrected chi connectivity index (χ2v) is 7.58. The number of aromatic nitrogens is 1. The Hall–Kier alpha value is -2.23. The minimum atomic E-state index is -0.569. The van der Waals surface area contributed by atoms with E-state index in [-0.39, 0.29) is 5.91 Å². The molecular formula is C22H22Cl2N2O. The largest absolute Gasteiger partial charge is 0.345 e. The van der Waals surface area contributed by atoms with E-state index in [1.807, 2.05) is 72.9 Å². The van der Waals surface area contributed by atoms with E-state index in [4.69, 9.17) is 23.2 Å². The summed E-state index contributed by atoms with van der Waals surface area (Å²) in [7, 11) is 0. The van der Waals surface area contributed by atoms with Crippen molar-refractivity contribution in [2.24, 2.45) is 0 Å². The maximum atomic E-state index is 12.7. The Bertz CT molecular complexity index is 890.